The minimum Gasteiger partial charge on any atom is -0.308 e. The molecule has 1 aliphatic carbocycles. The monoisotopic (exact) mass is 252 g/mol. The first-order valence-corrected chi connectivity index (χ1v) is 6.78. The Bertz CT molecular complexity index is 457. The second-order valence-electron chi connectivity index (χ2n) is 4.22. The van der Waals surface area contributed by atoms with Crippen molar-refractivity contribution in [3.63, 3.8) is 0 Å². The van der Waals surface area contributed by atoms with Gasteiger partial charge in [0.05, 0.1) is 10.2 Å². The molecule has 0 radical (unpaired) electrons. The third-order valence-corrected chi connectivity index (χ3v) is 4.35. The van der Waals surface area contributed by atoms with Crippen molar-refractivity contribution < 1.29 is 0 Å². The quantitative estimate of drug-likeness (QED) is 0.849. The lowest BCUT2D eigenvalue weighted by molar-refractivity contribution is 0.345. The number of rotatable bonds is 3. The minimum absolute atomic E-state index is 0.382. The van der Waals surface area contributed by atoms with E-state index in [1.54, 1.807) is 11.3 Å². The van der Waals surface area contributed by atoms with Crippen molar-refractivity contribution in [2.24, 2.45) is 0 Å². The summed E-state index contributed by atoms with van der Waals surface area (Å²) in [7, 11) is 0. The molecular formula is C12H13ClN2S. The van der Waals surface area contributed by atoms with Gasteiger partial charge in [-0.1, -0.05) is 12.1 Å². The van der Waals surface area contributed by atoms with Gasteiger partial charge >= 0.3 is 0 Å². The molecule has 1 N–H and O–H groups in total. The van der Waals surface area contributed by atoms with Crippen LogP contribution in [0.5, 0.6) is 0 Å². The third-order valence-electron chi connectivity index (χ3n) is 2.96. The summed E-state index contributed by atoms with van der Waals surface area (Å²) in [5.41, 5.74) is 1.10. The zero-order valence-electron chi connectivity index (χ0n) is 8.82. The van der Waals surface area contributed by atoms with Gasteiger partial charge in [0.1, 0.15) is 5.01 Å². The highest BCUT2D eigenvalue weighted by atomic mass is 35.5. The molecule has 0 atom stereocenters. The maximum Gasteiger partial charge on any atom is 0.108 e. The topological polar surface area (TPSA) is 24.9 Å². The Balaban J connectivity index is 1.65. The number of aromatic nitrogens is 1. The maximum atomic E-state index is 5.94. The summed E-state index contributed by atoms with van der Waals surface area (Å²) in [5.74, 6) is 0. The van der Waals surface area contributed by atoms with Crippen LogP contribution in [0.25, 0.3) is 10.2 Å². The van der Waals surface area contributed by atoms with Crippen molar-refractivity contribution in [2.45, 2.75) is 30.8 Å². The molecule has 84 valence electrons. The first kappa shape index (κ1) is 10.5. The van der Waals surface area contributed by atoms with Crippen molar-refractivity contribution in [3.8, 4) is 0 Å². The van der Waals surface area contributed by atoms with Gasteiger partial charge in [-0.25, -0.2) is 4.98 Å². The van der Waals surface area contributed by atoms with Crippen molar-refractivity contribution in [1.82, 2.24) is 10.3 Å². The number of para-hydroxylation sites is 1. The molecule has 1 fully saturated rings. The highest BCUT2D eigenvalue weighted by molar-refractivity contribution is 7.18. The van der Waals surface area contributed by atoms with Gasteiger partial charge in [-0.15, -0.1) is 22.9 Å². The molecule has 1 saturated carbocycles. The molecule has 16 heavy (non-hydrogen) atoms. The fraction of sp³-hybridized carbons (Fsp3) is 0.417. The molecule has 0 bridgehead atoms. The molecule has 0 amide bonds. The minimum atomic E-state index is 0.382. The number of hydrogen-bond acceptors (Lipinski definition) is 3. The summed E-state index contributed by atoms with van der Waals surface area (Å²) in [5, 5.41) is 5.04. The molecule has 2 aromatic rings. The maximum absolute atomic E-state index is 5.94. The fourth-order valence-electron chi connectivity index (χ4n) is 1.94. The number of nitrogens with one attached hydrogen (secondary N) is 1. The largest absolute Gasteiger partial charge is 0.308 e. The molecule has 1 heterocycles. The Kier molecular flexibility index (Phi) is 2.84. The molecule has 3 rings (SSSR count). The van der Waals surface area contributed by atoms with Crippen molar-refractivity contribution in [1.29, 1.82) is 0 Å². The third kappa shape index (κ3) is 2.08. The van der Waals surface area contributed by atoms with E-state index in [9.17, 15) is 0 Å². The van der Waals surface area contributed by atoms with Crippen LogP contribution in [0, 0.1) is 0 Å². The standard InChI is InChI=1S/C12H13ClN2S/c13-8-5-9(6-8)14-7-12-15-10-3-1-2-4-11(10)16-12/h1-4,8-9,14H,5-7H2. The summed E-state index contributed by atoms with van der Waals surface area (Å²) in [6.45, 7) is 0.869. The average Bonchev–Trinajstić information content (AvgIpc) is 2.65. The smallest absolute Gasteiger partial charge is 0.108 e. The van der Waals surface area contributed by atoms with Crippen LogP contribution in [0.15, 0.2) is 24.3 Å². The van der Waals surface area contributed by atoms with Crippen molar-refractivity contribution in [2.75, 3.05) is 0 Å². The van der Waals surface area contributed by atoms with E-state index in [0.29, 0.717) is 11.4 Å². The fourth-order valence-corrected chi connectivity index (χ4v) is 3.29. The van der Waals surface area contributed by atoms with E-state index in [1.165, 1.54) is 9.71 Å². The SMILES string of the molecule is ClC1CC(NCc2nc3ccccc3s2)C1. The Hall–Kier alpha value is -0.640. The highest BCUT2D eigenvalue weighted by Crippen LogP contribution is 2.26. The van der Waals surface area contributed by atoms with Crippen LogP contribution < -0.4 is 5.32 Å². The van der Waals surface area contributed by atoms with Crippen LogP contribution in [-0.2, 0) is 6.54 Å². The lowest BCUT2D eigenvalue weighted by Crippen LogP contribution is -2.41. The highest BCUT2D eigenvalue weighted by Gasteiger charge is 2.26. The molecule has 4 heteroatoms. The lowest BCUT2D eigenvalue weighted by atomic mass is 9.92. The van der Waals surface area contributed by atoms with Gasteiger partial charge in [0.15, 0.2) is 0 Å². The van der Waals surface area contributed by atoms with E-state index in [1.807, 2.05) is 6.07 Å². The number of hydrogen-bond donors (Lipinski definition) is 1. The summed E-state index contributed by atoms with van der Waals surface area (Å²) in [4.78, 5) is 4.59. The normalized spacial score (nSPS) is 24.6. The molecule has 0 saturated heterocycles. The Morgan fingerprint density at radius 2 is 2.19 bits per heavy atom. The number of fused-ring (bicyclic) bond motifs is 1. The zero-order chi connectivity index (χ0) is 11.0. The predicted molar refractivity (Wildman–Crippen MR) is 69.1 cm³/mol. The number of nitrogens with zero attached hydrogens (tertiary/aromatic N) is 1. The van der Waals surface area contributed by atoms with Crippen LogP contribution in [0.3, 0.4) is 0 Å². The first-order chi connectivity index (χ1) is 7.81. The zero-order valence-corrected chi connectivity index (χ0v) is 10.4. The number of halogens is 1. The van der Waals surface area contributed by atoms with E-state index in [2.05, 4.69) is 28.5 Å². The molecule has 1 aromatic carbocycles. The summed E-state index contributed by atoms with van der Waals surface area (Å²) >= 11 is 7.70. The Morgan fingerprint density at radius 1 is 1.38 bits per heavy atom. The van der Waals surface area contributed by atoms with Gasteiger partial charge in [-0.3, -0.25) is 0 Å². The number of alkyl halides is 1. The van der Waals surface area contributed by atoms with Crippen molar-refractivity contribution >= 4 is 33.2 Å². The van der Waals surface area contributed by atoms with Gasteiger partial charge in [0.2, 0.25) is 0 Å². The number of thiazole rings is 1. The lowest BCUT2D eigenvalue weighted by Gasteiger charge is -2.31. The molecule has 1 aliphatic rings. The van der Waals surface area contributed by atoms with Gasteiger partial charge < -0.3 is 5.32 Å². The van der Waals surface area contributed by atoms with Gasteiger partial charge in [-0.2, -0.15) is 0 Å². The summed E-state index contributed by atoms with van der Waals surface area (Å²) in [6.07, 6.45) is 2.18. The van der Waals surface area contributed by atoms with E-state index < -0.39 is 0 Å². The summed E-state index contributed by atoms with van der Waals surface area (Å²) < 4.78 is 1.27. The van der Waals surface area contributed by atoms with Crippen LogP contribution >= 0.6 is 22.9 Å². The van der Waals surface area contributed by atoms with E-state index in [-0.39, 0.29) is 0 Å². The molecule has 0 spiro atoms. The van der Waals surface area contributed by atoms with Gasteiger partial charge in [0.25, 0.3) is 0 Å². The van der Waals surface area contributed by atoms with Crippen LogP contribution in [0.1, 0.15) is 17.8 Å². The van der Waals surface area contributed by atoms with E-state index in [4.69, 9.17) is 11.6 Å². The van der Waals surface area contributed by atoms with Crippen LogP contribution in [0.2, 0.25) is 0 Å². The van der Waals surface area contributed by atoms with Crippen LogP contribution in [0.4, 0.5) is 0 Å². The van der Waals surface area contributed by atoms with Gasteiger partial charge in [-0.05, 0) is 25.0 Å². The molecule has 2 nitrogen and oxygen atoms in total. The molecule has 0 aliphatic heterocycles. The first-order valence-electron chi connectivity index (χ1n) is 5.53. The Labute approximate surface area is 104 Å². The molecule has 0 unspecified atom stereocenters. The second-order valence-corrected chi connectivity index (χ2v) is 5.95. The predicted octanol–water partition coefficient (Wildman–Crippen LogP) is 3.16. The van der Waals surface area contributed by atoms with Crippen LogP contribution in [-0.4, -0.2) is 16.4 Å². The van der Waals surface area contributed by atoms with E-state index >= 15 is 0 Å². The second kappa shape index (κ2) is 4.32. The number of benzene rings is 1. The molecule has 1 aromatic heterocycles. The summed E-state index contributed by atoms with van der Waals surface area (Å²) in [6, 6.07) is 8.86. The average molecular weight is 253 g/mol. The van der Waals surface area contributed by atoms with Crippen molar-refractivity contribution in [3.05, 3.63) is 29.3 Å². The molecular weight excluding hydrogens is 240 g/mol. The van der Waals surface area contributed by atoms with E-state index in [0.717, 1.165) is 24.9 Å². The van der Waals surface area contributed by atoms with Gasteiger partial charge in [0, 0.05) is 18.0 Å². The Morgan fingerprint density at radius 3 is 2.94 bits per heavy atom.